The standard InChI is InChI=1S/C11H15FN2/c1-8-3-2-4-10(11(8)12)14-6-5-9(13)7-14/h2-4,9H,5-7,13H2,1H3. The highest BCUT2D eigenvalue weighted by molar-refractivity contribution is 5.51. The van der Waals surface area contributed by atoms with Crippen LogP contribution in [-0.2, 0) is 0 Å². The minimum Gasteiger partial charge on any atom is -0.368 e. The summed E-state index contributed by atoms with van der Waals surface area (Å²) in [7, 11) is 0. The number of aryl methyl sites for hydroxylation is 1. The van der Waals surface area contributed by atoms with Crippen LogP contribution in [0.25, 0.3) is 0 Å². The molecule has 0 spiro atoms. The molecular formula is C11H15FN2. The van der Waals surface area contributed by atoms with Crippen molar-refractivity contribution in [2.45, 2.75) is 19.4 Å². The molecule has 0 aliphatic carbocycles. The van der Waals surface area contributed by atoms with Crippen molar-refractivity contribution in [3.05, 3.63) is 29.6 Å². The smallest absolute Gasteiger partial charge is 0.149 e. The molecule has 1 aromatic carbocycles. The zero-order chi connectivity index (χ0) is 10.1. The third-order valence-corrected chi connectivity index (χ3v) is 2.74. The molecule has 2 N–H and O–H groups in total. The van der Waals surface area contributed by atoms with Crippen LogP contribution in [-0.4, -0.2) is 19.1 Å². The summed E-state index contributed by atoms with van der Waals surface area (Å²) in [5.74, 6) is -0.110. The summed E-state index contributed by atoms with van der Waals surface area (Å²) in [6.45, 7) is 3.41. The number of nitrogens with zero attached hydrogens (tertiary/aromatic N) is 1. The monoisotopic (exact) mass is 194 g/mol. The summed E-state index contributed by atoms with van der Waals surface area (Å²) < 4.78 is 13.7. The van der Waals surface area contributed by atoms with Crippen molar-refractivity contribution < 1.29 is 4.39 Å². The Kier molecular flexibility index (Phi) is 2.42. The number of hydrogen-bond acceptors (Lipinski definition) is 2. The van der Waals surface area contributed by atoms with Crippen molar-refractivity contribution in [3.8, 4) is 0 Å². The first-order valence-corrected chi connectivity index (χ1v) is 4.94. The number of rotatable bonds is 1. The molecule has 1 heterocycles. The molecule has 3 heteroatoms. The predicted octanol–water partition coefficient (Wildman–Crippen LogP) is 1.67. The van der Waals surface area contributed by atoms with E-state index < -0.39 is 0 Å². The molecule has 1 saturated heterocycles. The molecule has 0 saturated carbocycles. The van der Waals surface area contributed by atoms with Crippen molar-refractivity contribution in [2.24, 2.45) is 5.73 Å². The molecule has 1 aromatic rings. The summed E-state index contributed by atoms with van der Waals surface area (Å²) in [5.41, 5.74) is 7.18. The number of benzene rings is 1. The Hall–Kier alpha value is -1.09. The first-order chi connectivity index (χ1) is 6.68. The molecule has 1 aliphatic rings. The summed E-state index contributed by atoms with van der Waals surface area (Å²) in [5, 5.41) is 0. The van der Waals surface area contributed by atoms with E-state index in [1.807, 2.05) is 17.0 Å². The Bertz CT molecular complexity index is 338. The van der Waals surface area contributed by atoms with E-state index in [1.165, 1.54) is 0 Å². The van der Waals surface area contributed by atoms with E-state index >= 15 is 0 Å². The lowest BCUT2D eigenvalue weighted by molar-refractivity contribution is 0.613. The first kappa shape index (κ1) is 9.46. The van der Waals surface area contributed by atoms with E-state index in [0.29, 0.717) is 11.3 Å². The van der Waals surface area contributed by atoms with Gasteiger partial charge in [0.2, 0.25) is 0 Å². The summed E-state index contributed by atoms with van der Waals surface area (Å²) in [4.78, 5) is 2.02. The SMILES string of the molecule is Cc1cccc(N2CCC(N)C2)c1F. The summed E-state index contributed by atoms with van der Waals surface area (Å²) in [6.07, 6.45) is 0.952. The molecule has 76 valence electrons. The van der Waals surface area contributed by atoms with Gasteiger partial charge in [0.25, 0.3) is 0 Å². The third-order valence-electron chi connectivity index (χ3n) is 2.74. The van der Waals surface area contributed by atoms with Gasteiger partial charge < -0.3 is 10.6 Å². The fourth-order valence-electron chi connectivity index (χ4n) is 1.88. The van der Waals surface area contributed by atoms with Crippen LogP contribution < -0.4 is 10.6 Å². The molecule has 2 nitrogen and oxygen atoms in total. The van der Waals surface area contributed by atoms with E-state index in [9.17, 15) is 4.39 Å². The van der Waals surface area contributed by atoms with E-state index in [2.05, 4.69) is 0 Å². The largest absolute Gasteiger partial charge is 0.368 e. The maximum Gasteiger partial charge on any atom is 0.149 e. The fraction of sp³-hybridized carbons (Fsp3) is 0.455. The number of halogens is 1. The van der Waals surface area contributed by atoms with Crippen LogP contribution in [0.2, 0.25) is 0 Å². The molecule has 1 atom stereocenters. The normalized spacial score (nSPS) is 21.6. The maximum atomic E-state index is 13.7. The third kappa shape index (κ3) is 1.60. The van der Waals surface area contributed by atoms with Crippen LogP contribution in [0.5, 0.6) is 0 Å². The lowest BCUT2D eigenvalue weighted by atomic mass is 10.2. The number of hydrogen-bond donors (Lipinski definition) is 1. The molecule has 0 bridgehead atoms. The van der Waals surface area contributed by atoms with Gasteiger partial charge in [-0.1, -0.05) is 12.1 Å². The van der Waals surface area contributed by atoms with Gasteiger partial charge in [-0.3, -0.25) is 0 Å². The van der Waals surface area contributed by atoms with Crippen LogP contribution >= 0.6 is 0 Å². The molecule has 0 aromatic heterocycles. The first-order valence-electron chi connectivity index (χ1n) is 4.94. The molecule has 0 amide bonds. The topological polar surface area (TPSA) is 29.3 Å². The van der Waals surface area contributed by atoms with Crippen LogP contribution in [0.4, 0.5) is 10.1 Å². The van der Waals surface area contributed by atoms with Gasteiger partial charge in [-0.15, -0.1) is 0 Å². The minimum absolute atomic E-state index is 0.110. The second kappa shape index (κ2) is 3.58. The van der Waals surface area contributed by atoms with E-state index in [4.69, 9.17) is 5.73 Å². The zero-order valence-corrected chi connectivity index (χ0v) is 8.33. The Morgan fingerprint density at radius 2 is 2.29 bits per heavy atom. The molecule has 0 radical (unpaired) electrons. The van der Waals surface area contributed by atoms with Gasteiger partial charge in [0, 0.05) is 19.1 Å². The average molecular weight is 194 g/mol. The number of nitrogens with two attached hydrogens (primary N) is 1. The van der Waals surface area contributed by atoms with Gasteiger partial charge in [0.1, 0.15) is 5.82 Å². The van der Waals surface area contributed by atoms with E-state index in [0.717, 1.165) is 19.5 Å². The van der Waals surface area contributed by atoms with Gasteiger partial charge in [-0.05, 0) is 25.0 Å². The fourth-order valence-corrected chi connectivity index (χ4v) is 1.88. The van der Waals surface area contributed by atoms with E-state index in [1.54, 1.807) is 13.0 Å². The van der Waals surface area contributed by atoms with Crippen molar-refractivity contribution in [3.63, 3.8) is 0 Å². The maximum absolute atomic E-state index is 13.7. The molecule has 2 rings (SSSR count). The molecule has 1 unspecified atom stereocenters. The van der Waals surface area contributed by atoms with Crippen LogP contribution in [0.3, 0.4) is 0 Å². The Labute approximate surface area is 83.5 Å². The predicted molar refractivity (Wildman–Crippen MR) is 55.9 cm³/mol. The lowest BCUT2D eigenvalue weighted by Crippen LogP contribution is -2.26. The molecule has 1 aliphatic heterocycles. The van der Waals surface area contributed by atoms with Gasteiger partial charge in [0.05, 0.1) is 5.69 Å². The van der Waals surface area contributed by atoms with Crippen LogP contribution in [0.1, 0.15) is 12.0 Å². The second-order valence-corrected chi connectivity index (χ2v) is 3.90. The van der Waals surface area contributed by atoms with Gasteiger partial charge >= 0.3 is 0 Å². The van der Waals surface area contributed by atoms with E-state index in [-0.39, 0.29) is 11.9 Å². The zero-order valence-electron chi connectivity index (χ0n) is 8.33. The number of anilines is 1. The van der Waals surface area contributed by atoms with Gasteiger partial charge in [-0.25, -0.2) is 4.39 Å². The average Bonchev–Trinajstić information content (AvgIpc) is 2.57. The minimum atomic E-state index is -0.110. The van der Waals surface area contributed by atoms with Crippen molar-refractivity contribution >= 4 is 5.69 Å². The van der Waals surface area contributed by atoms with Crippen molar-refractivity contribution in [1.29, 1.82) is 0 Å². The van der Waals surface area contributed by atoms with Crippen LogP contribution in [0.15, 0.2) is 18.2 Å². The Morgan fingerprint density at radius 1 is 1.50 bits per heavy atom. The highest BCUT2D eigenvalue weighted by Gasteiger charge is 2.21. The van der Waals surface area contributed by atoms with Gasteiger partial charge in [0.15, 0.2) is 0 Å². The molecular weight excluding hydrogens is 179 g/mol. The van der Waals surface area contributed by atoms with Crippen molar-refractivity contribution in [1.82, 2.24) is 0 Å². The highest BCUT2D eigenvalue weighted by atomic mass is 19.1. The Balaban J connectivity index is 2.28. The summed E-state index contributed by atoms with van der Waals surface area (Å²) in [6, 6.07) is 5.68. The molecule has 14 heavy (non-hydrogen) atoms. The lowest BCUT2D eigenvalue weighted by Gasteiger charge is -2.19. The Morgan fingerprint density at radius 3 is 2.93 bits per heavy atom. The van der Waals surface area contributed by atoms with Crippen LogP contribution in [0, 0.1) is 12.7 Å². The second-order valence-electron chi connectivity index (χ2n) is 3.90. The summed E-state index contributed by atoms with van der Waals surface area (Å²) >= 11 is 0. The van der Waals surface area contributed by atoms with Crippen molar-refractivity contribution in [2.75, 3.05) is 18.0 Å². The quantitative estimate of drug-likeness (QED) is 0.737. The van der Waals surface area contributed by atoms with Gasteiger partial charge in [-0.2, -0.15) is 0 Å². The molecule has 1 fully saturated rings. The highest BCUT2D eigenvalue weighted by Crippen LogP contribution is 2.24.